The van der Waals surface area contributed by atoms with Crippen molar-refractivity contribution in [2.24, 2.45) is 0 Å². The van der Waals surface area contributed by atoms with Crippen molar-refractivity contribution in [3.05, 3.63) is 34.0 Å². The van der Waals surface area contributed by atoms with E-state index < -0.39 is 0 Å². The molecule has 0 atom stereocenters. The summed E-state index contributed by atoms with van der Waals surface area (Å²) in [5.41, 5.74) is 1.09. The molecule has 0 bridgehead atoms. The largest absolute Gasteiger partial charge is 0.495 e. The summed E-state index contributed by atoms with van der Waals surface area (Å²) in [5, 5.41) is 0. The van der Waals surface area contributed by atoms with E-state index in [4.69, 9.17) is 37.4 Å². The van der Waals surface area contributed by atoms with Gasteiger partial charge in [-0.05, 0) is 24.6 Å². The van der Waals surface area contributed by atoms with E-state index in [0.717, 1.165) is 12.0 Å². The van der Waals surface area contributed by atoms with Crippen molar-refractivity contribution in [3.8, 4) is 11.5 Å². The fraction of sp³-hybridized carbons (Fsp3) is 0.385. The van der Waals surface area contributed by atoms with Gasteiger partial charge < -0.3 is 14.2 Å². The van der Waals surface area contributed by atoms with Gasteiger partial charge in [0.2, 0.25) is 0 Å². The van der Waals surface area contributed by atoms with Crippen molar-refractivity contribution in [3.63, 3.8) is 0 Å². The van der Waals surface area contributed by atoms with E-state index >= 15 is 0 Å². The Hall–Kier alpha value is -1.06. The first kappa shape index (κ1) is 15.0. The Morgan fingerprint density at radius 3 is 2.33 bits per heavy atom. The van der Waals surface area contributed by atoms with Gasteiger partial charge in [0.25, 0.3) is 0 Å². The van der Waals surface area contributed by atoms with Crippen LogP contribution >= 0.6 is 23.2 Å². The van der Waals surface area contributed by atoms with E-state index in [9.17, 15) is 0 Å². The predicted molar refractivity (Wildman–Crippen MR) is 73.6 cm³/mol. The maximum absolute atomic E-state index is 5.58. The van der Waals surface area contributed by atoms with Crippen LogP contribution in [0.3, 0.4) is 0 Å². The molecule has 1 rings (SSSR count). The maximum Gasteiger partial charge on any atom is 0.160 e. The molecule has 0 unspecified atom stereocenters. The highest BCUT2D eigenvalue weighted by molar-refractivity contribution is 6.56. The van der Waals surface area contributed by atoms with Crippen LogP contribution in [-0.2, 0) is 11.2 Å². The van der Waals surface area contributed by atoms with Gasteiger partial charge >= 0.3 is 0 Å². The highest BCUT2D eigenvalue weighted by atomic mass is 35.5. The zero-order valence-corrected chi connectivity index (χ0v) is 12.1. The highest BCUT2D eigenvalue weighted by Crippen LogP contribution is 2.27. The van der Waals surface area contributed by atoms with Gasteiger partial charge in [-0.2, -0.15) is 0 Å². The Morgan fingerprint density at radius 2 is 1.78 bits per heavy atom. The number of allylic oxidation sites excluding steroid dienone is 1. The molecule has 100 valence electrons. The fourth-order valence-electron chi connectivity index (χ4n) is 1.41. The van der Waals surface area contributed by atoms with Crippen LogP contribution in [-0.4, -0.2) is 20.8 Å². The van der Waals surface area contributed by atoms with Gasteiger partial charge in [-0.15, -0.1) is 0 Å². The van der Waals surface area contributed by atoms with Gasteiger partial charge in [-0.25, -0.2) is 0 Å². The van der Waals surface area contributed by atoms with Crippen LogP contribution in [0, 0.1) is 0 Å². The highest BCUT2D eigenvalue weighted by Gasteiger charge is 2.05. The number of halogens is 2. The summed E-state index contributed by atoms with van der Waals surface area (Å²) >= 11 is 11.2. The second-order valence-electron chi connectivity index (χ2n) is 3.60. The molecule has 5 heteroatoms. The Kier molecular flexibility index (Phi) is 6.16. The van der Waals surface area contributed by atoms with E-state index in [1.807, 2.05) is 18.2 Å². The van der Waals surface area contributed by atoms with Gasteiger partial charge in [0.15, 0.2) is 11.5 Å². The molecule has 0 aliphatic heterocycles. The first-order chi connectivity index (χ1) is 8.58. The summed E-state index contributed by atoms with van der Waals surface area (Å²) in [7, 11) is 3.22. The van der Waals surface area contributed by atoms with Gasteiger partial charge in [0.05, 0.1) is 20.8 Å². The lowest BCUT2D eigenvalue weighted by Gasteiger charge is -2.10. The molecule has 0 spiro atoms. The molecule has 0 fully saturated rings. The van der Waals surface area contributed by atoms with Crippen molar-refractivity contribution < 1.29 is 14.2 Å². The number of methoxy groups -OCH3 is 2. The summed E-state index contributed by atoms with van der Waals surface area (Å²) in [4.78, 5) is 0. The Bertz CT molecular complexity index is 426. The van der Waals surface area contributed by atoms with Crippen molar-refractivity contribution in [1.82, 2.24) is 0 Å². The molecule has 0 N–H and O–H groups in total. The van der Waals surface area contributed by atoms with Crippen LogP contribution in [0.1, 0.15) is 12.5 Å². The molecular weight excluding hydrogens is 275 g/mol. The van der Waals surface area contributed by atoms with Crippen LogP contribution in [0.5, 0.6) is 11.5 Å². The molecule has 0 amide bonds. The van der Waals surface area contributed by atoms with Crippen molar-refractivity contribution >= 4 is 23.2 Å². The lowest BCUT2D eigenvalue weighted by Crippen LogP contribution is -1.99. The lowest BCUT2D eigenvalue weighted by molar-refractivity contribution is 0.217. The third kappa shape index (κ3) is 4.31. The lowest BCUT2D eigenvalue weighted by atomic mass is 10.1. The molecule has 0 saturated carbocycles. The molecule has 18 heavy (non-hydrogen) atoms. The predicted octanol–water partition coefficient (Wildman–Crippen LogP) is 3.93. The molecule has 1 aromatic rings. The van der Waals surface area contributed by atoms with Crippen LogP contribution in [0.2, 0.25) is 0 Å². The molecule has 0 aromatic heterocycles. The summed E-state index contributed by atoms with van der Waals surface area (Å²) in [6, 6.07) is 5.75. The number of rotatable bonds is 6. The molecule has 0 heterocycles. The van der Waals surface area contributed by atoms with Gasteiger partial charge in [0, 0.05) is 6.42 Å². The van der Waals surface area contributed by atoms with Crippen LogP contribution in [0.15, 0.2) is 28.4 Å². The first-order valence-electron chi connectivity index (χ1n) is 5.44. The Labute approximate surface area is 117 Å². The summed E-state index contributed by atoms with van der Waals surface area (Å²) in [6.07, 6.45) is 0.735. The Morgan fingerprint density at radius 1 is 1.11 bits per heavy atom. The molecule has 1 aromatic carbocycles. The van der Waals surface area contributed by atoms with Crippen LogP contribution in [0.4, 0.5) is 0 Å². The summed E-state index contributed by atoms with van der Waals surface area (Å²) in [5.74, 6) is 1.94. The molecule has 3 nitrogen and oxygen atoms in total. The second kappa shape index (κ2) is 7.39. The normalized spacial score (nSPS) is 9.83. The van der Waals surface area contributed by atoms with E-state index in [1.165, 1.54) is 0 Å². The summed E-state index contributed by atoms with van der Waals surface area (Å²) < 4.78 is 15.9. The molecular formula is C13H16Cl2O3. The van der Waals surface area contributed by atoms with Crippen LogP contribution < -0.4 is 9.47 Å². The van der Waals surface area contributed by atoms with Crippen molar-refractivity contribution in [2.45, 2.75) is 13.3 Å². The minimum Gasteiger partial charge on any atom is -0.495 e. The Balaban J connectivity index is 2.61. The van der Waals surface area contributed by atoms with E-state index in [-0.39, 0.29) is 4.49 Å². The minimum absolute atomic E-state index is 0.155. The van der Waals surface area contributed by atoms with E-state index in [2.05, 4.69) is 0 Å². The van der Waals surface area contributed by atoms with E-state index in [0.29, 0.717) is 23.9 Å². The number of hydrogen-bond donors (Lipinski definition) is 0. The van der Waals surface area contributed by atoms with E-state index in [1.54, 1.807) is 21.1 Å². The topological polar surface area (TPSA) is 27.7 Å². The molecule has 0 aliphatic carbocycles. The smallest absolute Gasteiger partial charge is 0.160 e. The van der Waals surface area contributed by atoms with Gasteiger partial charge in [-0.3, -0.25) is 0 Å². The minimum atomic E-state index is 0.155. The molecule has 0 radical (unpaired) electrons. The standard InChI is InChI=1S/C13H16Cl2O3/c1-9(13(14)15)18-7-6-10-4-5-11(16-2)12(8-10)17-3/h4-5,8H,6-7H2,1-3H3. The van der Waals surface area contributed by atoms with Crippen molar-refractivity contribution in [1.29, 1.82) is 0 Å². The first-order valence-corrected chi connectivity index (χ1v) is 6.19. The summed E-state index contributed by atoms with van der Waals surface area (Å²) in [6.45, 7) is 2.23. The average Bonchev–Trinajstić information content (AvgIpc) is 2.38. The number of ether oxygens (including phenoxy) is 3. The fourth-order valence-corrected chi connectivity index (χ4v) is 1.52. The third-order valence-electron chi connectivity index (χ3n) is 2.42. The zero-order valence-electron chi connectivity index (χ0n) is 10.6. The zero-order chi connectivity index (χ0) is 13.5. The second-order valence-corrected chi connectivity index (χ2v) is 4.55. The quantitative estimate of drug-likeness (QED) is 0.743. The third-order valence-corrected chi connectivity index (χ3v) is 2.96. The van der Waals surface area contributed by atoms with Gasteiger partial charge in [0.1, 0.15) is 10.3 Å². The monoisotopic (exact) mass is 290 g/mol. The average molecular weight is 291 g/mol. The van der Waals surface area contributed by atoms with Gasteiger partial charge in [-0.1, -0.05) is 29.3 Å². The number of benzene rings is 1. The number of hydrogen-bond acceptors (Lipinski definition) is 3. The SMILES string of the molecule is COc1ccc(CCOC(C)=C(Cl)Cl)cc1OC. The molecule has 0 aliphatic rings. The molecule has 0 saturated heterocycles. The maximum atomic E-state index is 5.58. The van der Waals surface area contributed by atoms with Crippen molar-refractivity contribution in [2.75, 3.05) is 20.8 Å². The van der Waals surface area contributed by atoms with Crippen LogP contribution in [0.25, 0.3) is 0 Å².